The van der Waals surface area contributed by atoms with Gasteiger partial charge < -0.3 is 20.9 Å². The third-order valence-electron chi connectivity index (χ3n) is 2.89. The first kappa shape index (κ1) is 18.9. The van der Waals surface area contributed by atoms with Gasteiger partial charge in [-0.15, -0.1) is 0 Å². The SMILES string of the molecule is CC(C)CCOCCC(=O)NC(CCCCN)C(=O)O. The van der Waals surface area contributed by atoms with E-state index in [2.05, 4.69) is 19.2 Å². The van der Waals surface area contributed by atoms with Gasteiger partial charge in [0.15, 0.2) is 0 Å². The fourth-order valence-corrected chi connectivity index (χ4v) is 1.60. The molecule has 4 N–H and O–H groups in total. The minimum atomic E-state index is -1.00. The van der Waals surface area contributed by atoms with Crippen LogP contribution in [0, 0.1) is 5.92 Å². The Hall–Kier alpha value is -1.14. The van der Waals surface area contributed by atoms with Crippen molar-refractivity contribution in [3.05, 3.63) is 0 Å². The molecule has 0 saturated heterocycles. The molecule has 0 aromatic rings. The second kappa shape index (κ2) is 11.7. The van der Waals surface area contributed by atoms with E-state index in [0.29, 0.717) is 38.5 Å². The predicted molar refractivity (Wildman–Crippen MR) is 77.4 cm³/mol. The molecule has 0 aromatic heterocycles. The fraction of sp³-hybridized carbons (Fsp3) is 0.857. The summed E-state index contributed by atoms with van der Waals surface area (Å²) in [5.41, 5.74) is 5.36. The summed E-state index contributed by atoms with van der Waals surface area (Å²) in [7, 11) is 0. The average molecular weight is 288 g/mol. The molecule has 0 saturated carbocycles. The Bertz CT molecular complexity index is 282. The number of ether oxygens (including phenoxy) is 1. The van der Waals surface area contributed by atoms with E-state index in [1.807, 2.05) is 0 Å². The molecule has 6 nitrogen and oxygen atoms in total. The number of hydrogen-bond donors (Lipinski definition) is 3. The van der Waals surface area contributed by atoms with Crippen LogP contribution in [0.1, 0.15) is 46.0 Å². The molecule has 118 valence electrons. The van der Waals surface area contributed by atoms with Crippen LogP contribution in [0.5, 0.6) is 0 Å². The molecule has 0 spiro atoms. The first-order chi connectivity index (χ1) is 9.47. The summed E-state index contributed by atoms with van der Waals surface area (Å²) in [6.45, 7) is 5.70. The van der Waals surface area contributed by atoms with Crippen LogP contribution in [0.15, 0.2) is 0 Å². The second-order valence-corrected chi connectivity index (χ2v) is 5.29. The van der Waals surface area contributed by atoms with Crippen LogP contribution in [0.3, 0.4) is 0 Å². The number of unbranched alkanes of at least 4 members (excludes halogenated alkanes) is 1. The van der Waals surface area contributed by atoms with Crippen LogP contribution in [0.2, 0.25) is 0 Å². The van der Waals surface area contributed by atoms with Gasteiger partial charge in [0, 0.05) is 13.0 Å². The highest BCUT2D eigenvalue weighted by Gasteiger charge is 2.18. The molecule has 1 amide bonds. The van der Waals surface area contributed by atoms with Gasteiger partial charge in [-0.1, -0.05) is 13.8 Å². The average Bonchev–Trinajstić information content (AvgIpc) is 2.36. The molecule has 0 radical (unpaired) electrons. The number of hydrogen-bond acceptors (Lipinski definition) is 4. The summed E-state index contributed by atoms with van der Waals surface area (Å²) >= 11 is 0. The minimum absolute atomic E-state index is 0.193. The van der Waals surface area contributed by atoms with E-state index in [-0.39, 0.29) is 12.3 Å². The number of aliphatic carboxylic acids is 1. The van der Waals surface area contributed by atoms with Crippen LogP contribution in [-0.4, -0.2) is 42.8 Å². The van der Waals surface area contributed by atoms with Gasteiger partial charge in [0.25, 0.3) is 0 Å². The third kappa shape index (κ3) is 10.8. The Morgan fingerprint density at radius 2 is 1.90 bits per heavy atom. The number of carboxylic acids is 1. The van der Waals surface area contributed by atoms with Gasteiger partial charge in [-0.2, -0.15) is 0 Å². The predicted octanol–water partition coefficient (Wildman–Crippen LogP) is 1.14. The summed E-state index contributed by atoms with van der Waals surface area (Å²) in [5, 5.41) is 11.5. The van der Waals surface area contributed by atoms with E-state index in [9.17, 15) is 9.59 Å². The number of amides is 1. The van der Waals surface area contributed by atoms with Gasteiger partial charge in [-0.05, 0) is 38.1 Å². The number of carbonyl (C=O) groups excluding carboxylic acids is 1. The van der Waals surface area contributed by atoms with E-state index in [4.69, 9.17) is 15.6 Å². The van der Waals surface area contributed by atoms with Crippen LogP contribution in [-0.2, 0) is 14.3 Å². The van der Waals surface area contributed by atoms with E-state index < -0.39 is 12.0 Å². The van der Waals surface area contributed by atoms with Crippen LogP contribution >= 0.6 is 0 Å². The molecule has 0 aliphatic rings. The second-order valence-electron chi connectivity index (χ2n) is 5.29. The van der Waals surface area contributed by atoms with Crippen molar-refractivity contribution in [2.75, 3.05) is 19.8 Å². The topological polar surface area (TPSA) is 102 Å². The molecule has 0 rings (SSSR count). The van der Waals surface area contributed by atoms with Crippen molar-refractivity contribution < 1.29 is 19.4 Å². The molecule has 1 unspecified atom stereocenters. The molecule has 20 heavy (non-hydrogen) atoms. The zero-order valence-electron chi connectivity index (χ0n) is 12.6. The fourth-order valence-electron chi connectivity index (χ4n) is 1.60. The quantitative estimate of drug-likeness (QED) is 0.467. The van der Waals surface area contributed by atoms with Crippen LogP contribution < -0.4 is 11.1 Å². The summed E-state index contributed by atoms with van der Waals surface area (Å²) in [4.78, 5) is 22.6. The van der Waals surface area contributed by atoms with Gasteiger partial charge >= 0.3 is 5.97 Å². The van der Waals surface area contributed by atoms with Gasteiger partial charge in [0.2, 0.25) is 5.91 Å². The lowest BCUT2D eigenvalue weighted by atomic mass is 10.1. The maximum absolute atomic E-state index is 11.6. The summed E-state index contributed by atoms with van der Waals surface area (Å²) in [6.07, 6.45) is 3.01. The normalized spacial score (nSPS) is 12.4. The first-order valence-corrected chi connectivity index (χ1v) is 7.27. The van der Waals surface area contributed by atoms with E-state index in [0.717, 1.165) is 12.8 Å². The molecule has 6 heteroatoms. The van der Waals surface area contributed by atoms with Crippen molar-refractivity contribution in [3.8, 4) is 0 Å². The standard InChI is InChI=1S/C14H28N2O4/c1-11(2)6-9-20-10-7-13(17)16-12(14(18)19)5-3-4-8-15/h11-12H,3-10,15H2,1-2H3,(H,16,17)(H,18,19). The summed E-state index contributed by atoms with van der Waals surface area (Å²) in [6, 6.07) is -0.829. The Kier molecular flexibility index (Phi) is 11.0. The highest BCUT2D eigenvalue weighted by atomic mass is 16.5. The summed E-state index contributed by atoms with van der Waals surface area (Å²) in [5.74, 6) is -0.714. The lowest BCUT2D eigenvalue weighted by Gasteiger charge is -2.14. The van der Waals surface area contributed by atoms with Crippen molar-refractivity contribution in [2.24, 2.45) is 11.7 Å². The smallest absolute Gasteiger partial charge is 0.326 e. The van der Waals surface area contributed by atoms with Gasteiger partial charge in [-0.3, -0.25) is 4.79 Å². The highest BCUT2D eigenvalue weighted by Crippen LogP contribution is 2.02. The number of rotatable bonds is 12. The van der Waals surface area contributed by atoms with Crippen LogP contribution in [0.25, 0.3) is 0 Å². The minimum Gasteiger partial charge on any atom is -0.480 e. The van der Waals surface area contributed by atoms with Crippen molar-refractivity contribution in [1.82, 2.24) is 5.32 Å². The van der Waals surface area contributed by atoms with E-state index in [1.165, 1.54) is 0 Å². The largest absolute Gasteiger partial charge is 0.480 e. The summed E-state index contributed by atoms with van der Waals surface area (Å²) < 4.78 is 5.33. The molecule has 0 bridgehead atoms. The number of carbonyl (C=O) groups is 2. The molecule has 1 atom stereocenters. The van der Waals surface area contributed by atoms with Gasteiger partial charge in [-0.25, -0.2) is 4.79 Å². The van der Waals surface area contributed by atoms with Crippen molar-refractivity contribution in [3.63, 3.8) is 0 Å². The highest BCUT2D eigenvalue weighted by molar-refractivity contribution is 5.83. The lowest BCUT2D eigenvalue weighted by molar-refractivity contribution is -0.142. The molecule has 0 heterocycles. The third-order valence-corrected chi connectivity index (χ3v) is 2.89. The maximum atomic E-state index is 11.6. The monoisotopic (exact) mass is 288 g/mol. The van der Waals surface area contributed by atoms with E-state index >= 15 is 0 Å². The zero-order chi connectivity index (χ0) is 15.4. The number of nitrogens with two attached hydrogens (primary N) is 1. The maximum Gasteiger partial charge on any atom is 0.326 e. The van der Waals surface area contributed by atoms with E-state index in [1.54, 1.807) is 0 Å². The van der Waals surface area contributed by atoms with Crippen molar-refractivity contribution >= 4 is 11.9 Å². The van der Waals surface area contributed by atoms with Gasteiger partial charge in [0.05, 0.1) is 6.61 Å². The van der Waals surface area contributed by atoms with Crippen molar-refractivity contribution in [1.29, 1.82) is 0 Å². The Labute approximate surface area is 121 Å². The lowest BCUT2D eigenvalue weighted by Crippen LogP contribution is -2.41. The molecule has 0 fully saturated rings. The number of carboxylic acid groups (broad SMARTS) is 1. The zero-order valence-corrected chi connectivity index (χ0v) is 12.6. The van der Waals surface area contributed by atoms with Crippen LogP contribution in [0.4, 0.5) is 0 Å². The molecule has 0 aliphatic heterocycles. The Morgan fingerprint density at radius 1 is 1.20 bits per heavy atom. The molecular weight excluding hydrogens is 260 g/mol. The molecular formula is C14H28N2O4. The Morgan fingerprint density at radius 3 is 2.45 bits per heavy atom. The molecule has 0 aliphatic carbocycles. The first-order valence-electron chi connectivity index (χ1n) is 7.27. The van der Waals surface area contributed by atoms with Gasteiger partial charge in [0.1, 0.15) is 6.04 Å². The Balaban J connectivity index is 3.81. The van der Waals surface area contributed by atoms with Crippen molar-refractivity contribution in [2.45, 2.75) is 52.0 Å². The molecule has 0 aromatic carbocycles. The number of nitrogens with one attached hydrogen (secondary N) is 1.